The second-order valence-electron chi connectivity index (χ2n) is 6.12. The topological polar surface area (TPSA) is 32.3 Å². The summed E-state index contributed by atoms with van der Waals surface area (Å²) in [6, 6.07) is 18.3. The summed E-state index contributed by atoms with van der Waals surface area (Å²) in [5.74, 6) is 0.174. The number of benzene rings is 2. The van der Waals surface area contributed by atoms with E-state index in [2.05, 4.69) is 34.5 Å². The summed E-state index contributed by atoms with van der Waals surface area (Å²) in [7, 11) is 0. The van der Waals surface area contributed by atoms with Crippen molar-refractivity contribution < 1.29 is 4.79 Å². The van der Waals surface area contributed by atoms with E-state index in [1.165, 1.54) is 0 Å². The number of Topliss-reactive ketones (excluding diaryl/α,β-unsaturated/α-hetero) is 1. The monoisotopic (exact) mass is 304 g/mol. The number of hydrogen-bond donors (Lipinski definition) is 1. The zero-order chi connectivity index (χ0) is 15.6. The lowest BCUT2D eigenvalue weighted by molar-refractivity contribution is 0.102. The van der Waals surface area contributed by atoms with Crippen LogP contribution in [0.25, 0.3) is 6.08 Å². The van der Waals surface area contributed by atoms with Crippen molar-refractivity contribution in [2.45, 2.75) is 6.04 Å². The highest BCUT2D eigenvalue weighted by Crippen LogP contribution is 2.40. The molecule has 0 aromatic heterocycles. The van der Waals surface area contributed by atoms with Gasteiger partial charge >= 0.3 is 0 Å². The second-order valence-corrected chi connectivity index (χ2v) is 6.12. The van der Waals surface area contributed by atoms with Gasteiger partial charge in [-0.05, 0) is 17.2 Å². The number of carbonyl (C=O) groups excluding carboxylic acids is 1. The van der Waals surface area contributed by atoms with E-state index in [1.54, 1.807) is 0 Å². The fourth-order valence-electron chi connectivity index (χ4n) is 3.60. The van der Waals surface area contributed by atoms with Crippen LogP contribution < -0.4 is 5.32 Å². The molecule has 1 aliphatic heterocycles. The molecule has 0 amide bonds. The molecule has 2 aliphatic rings. The van der Waals surface area contributed by atoms with Gasteiger partial charge in [-0.3, -0.25) is 9.69 Å². The van der Waals surface area contributed by atoms with Crippen molar-refractivity contribution in [3.63, 3.8) is 0 Å². The fraction of sp³-hybridized carbons (Fsp3) is 0.250. The highest BCUT2D eigenvalue weighted by molar-refractivity contribution is 6.16. The first-order valence-corrected chi connectivity index (χ1v) is 8.19. The summed E-state index contributed by atoms with van der Waals surface area (Å²) in [6.07, 6.45) is 2.06. The lowest BCUT2D eigenvalue weighted by atomic mass is 10.0. The molecule has 1 heterocycles. The first kappa shape index (κ1) is 14.4. The van der Waals surface area contributed by atoms with E-state index in [9.17, 15) is 4.79 Å². The van der Waals surface area contributed by atoms with Crippen LogP contribution in [0.15, 0.2) is 60.2 Å². The number of ketones is 1. The third kappa shape index (κ3) is 2.62. The molecule has 23 heavy (non-hydrogen) atoms. The van der Waals surface area contributed by atoms with Crippen molar-refractivity contribution in [2.75, 3.05) is 26.2 Å². The number of piperazine rings is 1. The molecule has 1 N–H and O–H groups in total. The summed E-state index contributed by atoms with van der Waals surface area (Å²) in [6.45, 7) is 3.90. The Morgan fingerprint density at radius 2 is 1.65 bits per heavy atom. The first-order chi connectivity index (χ1) is 11.3. The number of nitrogens with zero attached hydrogens (tertiary/aromatic N) is 1. The van der Waals surface area contributed by atoms with E-state index in [0.29, 0.717) is 0 Å². The Kier molecular flexibility index (Phi) is 3.82. The van der Waals surface area contributed by atoms with Gasteiger partial charge in [0.25, 0.3) is 0 Å². The molecular formula is C20H20N2O. The average Bonchev–Trinajstić information content (AvgIpc) is 2.89. The van der Waals surface area contributed by atoms with E-state index < -0.39 is 0 Å². The fourth-order valence-corrected chi connectivity index (χ4v) is 3.60. The number of fused-ring (bicyclic) bond motifs is 1. The highest BCUT2D eigenvalue weighted by Gasteiger charge is 2.38. The van der Waals surface area contributed by atoms with Gasteiger partial charge in [0, 0.05) is 37.3 Å². The number of rotatable bonds is 2. The zero-order valence-electron chi connectivity index (χ0n) is 13.0. The van der Waals surface area contributed by atoms with Crippen LogP contribution in [0, 0.1) is 0 Å². The molecular weight excluding hydrogens is 284 g/mol. The van der Waals surface area contributed by atoms with Crippen molar-refractivity contribution in [3.8, 4) is 0 Å². The maximum absolute atomic E-state index is 12.9. The molecule has 3 heteroatoms. The zero-order valence-corrected chi connectivity index (χ0v) is 13.0. The van der Waals surface area contributed by atoms with Gasteiger partial charge < -0.3 is 5.32 Å². The van der Waals surface area contributed by atoms with Crippen LogP contribution in [0.1, 0.15) is 27.5 Å². The molecule has 3 nitrogen and oxygen atoms in total. The Morgan fingerprint density at radius 3 is 2.43 bits per heavy atom. The Balaban J connectivity index is 1.80. The molecule has 1 saturated heterocycles. The van der Waals surface area contributed by atoms with Crippen molar-refractivity contribution in [1.82, 2.24) is 10.2 Å². The molecule has 0 spiro atoms. The summed E-state index contributed by atoms with van der Waals surface area (Å²) in [5.41, 5.74) is 4.00. The third-order valence-corrected chi connectivity index (χ3v) is 4.70. The van der Waals surface area contributed by atoms with Crippen molar-refractivity contribution in [3.05, 3.63) is 76.9 Å². The Bertz CT molecular complexity index is 745. The van der Waals surface area contributed by atoms with Gasteiger partial charge in [-0.1, -0.05) is 54.6 Å². The maximum Gasteiger partial charge on any atom is 0.191 e. The predicted octanol–water partition coefficient (Wildman–Crippen LogP) is 2.91. The van der Waals surface area contributed by atoms with Crippen LogP contribution in [0.2, 0.25) is 0 Å². The Hall–Kier alpha value is -2.23. The lowest BCUT2D eigenvalue weighted by Crippen LogP contribution is -2.45. The number of hydrogen-bond acceptors (Lipinski definition) is 3. The van der Waals surface area contributed by atoms with Crippen LogP contribution in [-0.2, 0) is 0 Å². The smallest absolute Gasteiger partial charge is 0.191 e. The largest absolute Gasteiger partial charge is 0.314 e. The SMILES string of the molecule is O=C1/C(=C/c2ccccc2)C(N2CCNCC2)c2ccccc21. The van der Waals surface area contributed by atoms with E-state index in [-0.39, 0.29) is 11.8 Å². The molecule has 2 aromatic rings. The normalized spacial score (nSPS) is 23.2. The molecule has 4 rings (SSSR count). The summed E-state index contributed by atoms with van der Waals surface area (Å²) < 4.78 is 0. The van der Waals surface area contributed by atoms with Crippen LogP contribution in [0.5, 0.6) is 0 Å². The molecule has 0 radical (unpaired) electrons. The predicted molar refractivity (Wildman–Crippen MR) is 92.4 cm³/mol. The maximum atomic E-state index is 12.9. The van der Waals surface area contributed by atoms with Gasteiger partial charge in [0.1, 0.15) is 0 Å². The van der Waals surface area contributed by atoms with Crippen LogP contribution in [0.3, 0.4) is 0 Å². The van der Waals surface area contributed by atoms with E-state index in [0.717, 1.165) is 48.4 Å². The minimum Gasteiger partial charge on any atom is -0.314 e. The molecule has 0 saturated carbocycles. The number of nitrogens with one attached hydrogen (secondary N) is 1. The standard InChI is InChI=1S/C20H20N2O/c23-20-17-9-5-4-8-16(17)19(22-12-10-21-11-13-22)18(20)14-15-6-2-1-3-7-15/h1-9,14,19,21H,10-13H2/b18-14+. The summed E-state index contributed by atoms with van der Waals surface area (Å²) in [4.78, 5) is 15.4. The van der Waals surface area contributed by atoms with Crippen LogP contribution >= 0.6 is 0 Å². The molecule has 0 bridgehead atoms. The Labute approximate surface area is 136 Å². The first-order valence-electron chi connectivity index (χ1n) is 8.19. The van der Waals surface area contributed by atoms with Crippen LogP contribution in [-0.4, -0.2) is 36.9 Å². The lowest BCUT2D eigenvalue weighted by Gasteiger charge is -2.33. The van der Waals surface area contributed by atoms with Gasteiger partial charge in [0.05, 0.1) is 6.04 Å². The van der Waals surface area contributed by atoms with Gasteiger partial charge in [-0.25, -0.2) is 0 Å². The molecule has 116 valence electrons. The van der Waals surface area contributed by atoms with Gasteiger partial charge in [-0.2, -0.15) is 0 Å². The van der Waals surface area contributed by atoms with Crippen molar-refractivity contribution in [1.29, 1.82) is 0 Å². The summed E-state index contributed by atoms with van der Waals surface area (Å²) >= 11 is 0. The van der Waals surface area contributed by atoms with Crippen LogP contribution in [0.4, 0.5) is 0 Å². The molecule has 1 aliphatic carbocycles. The van der Waals surface area contributed by atoms with E-state index in [1.807, 2.05) is 36.4 Å². The molecule has 1 fully saturated rings. The highest BCUT2D eigenvalue weighted by atomic mass is 16.1. The molecule has 1 atom stereocenters. The average molecular weight is 304 g/mol. The van der Waals surface area contributed by atoms with E-state index in [4.69, 9.17) is 0 Å². The molecule has 1 unspecified atom stereocenters. The molecule has 2 aromatic carbocycles. The quantitative estimate of drug-likeness (QED) is 0.866. The van der Waals surface area contributed by atoms with Gasteiger partial charge in [0.15, 0.2) is 5.78 Å². The minimum atomic E-state index is 0.0843. The number of carbonyl (C=O) groups is 1. The minimum absolute atomic E-state index is 0.0843. The second kappa shape index (κ2) is 6.11. The van der Waals surface area contributed by atoms with Crippen molar-refractivity contribution in [2.24, 2.45) is 0 Å². The van der Waals surface area contributed by atoms with E-state index >= 15 is 0 Å². The van der Waals surface area contributed by atoms with Gasteiger partial charge in [-0.15, -0.1) is 0 Å². The van der Waals surface area contributed by atoms with Gasteiger partial charge in [0.2, 0.25) is 0 Å². The summed E-state index contributed by atoms with van der Waals surface area (Å²) in [5, 5.41) is 3.39. The van der Waals surface area contributed by atoms with Crippen molar-refractivity contribution >= 4 is 11.9 Å². The third-order valence-electron chi connectivity index (χ3n) is 4.70. The Morgan fingerprint density at radius 1 is 0.957 bits per heavy atom.